The Kier molecular flexibility index (Phi) is 3.31. The van der Waals surface area contributed by atoms with E-state index >= 15 is 0 Å². The molecule has 0 radical (unpaired) electrons. The van der Waals surface area contributed by atoms with E-state index in [9.17, 15) is 0 Å². The van der Waals surface area contributed by atoms with E-state index in [0.717, 1.165) is 31.0 Å². The van der Waals surface area contributed by atoms with Crippen molar-refractivity contribution in [3.63, 3.8) is 0 Å². The molecular formula is C10H16N6. The van der Waals surface area contributed by atoms with E-state index in [1.165, 1.54) is 5.56 Å². The van der Waals surface area contributed by atoms with E-state index in [-0.39, 0.29) is 0 Å². The van der Waals surface area contributed by atoms with Crippen molar-refractivity contribution in [2.24, 2.45) is 7.05 Å². The van der Waals surface area contributed by atoms with Gasteiger partial charge in [-0.2, -0.15) is 10.2 Å². The molecule has 0 spiro atoms. The lowest BCUT2D eigenvalue weighted by molar-refractivity contribution is 0.659. The van der Waals surface area contributed by atoms with Crippen molar-refractivity contribution in [3.05, 3.63) is 29.6 Å². The van der Waals surface area contributed by atoms with Gasteiger partial charge in [-0.05, 0) is 6.92 Å². The van der Waals surface area contributed by atoms with E-state index in [1.54, 1.807) is 11.0 Å². The van der Waals surface area contributed by atoms with Crippen LogP contribution in [0.25, 0.3) is 0 Å². The fourth-order valence-electron chi connectivity index (χ4n) is 1.48. The zero-order valence-electron chi connectivity index (χ0n) is 9.56. The predicted octanol–water partition coefficient (Wildman–Crippen LogP) is 0.179. The first-order valence-electron chi connectivity index (χ1n) is 5.30. The lowest BCUT2D eigenvalue weighted by atomic mass is 10.2. The van der Waals surface area contributed by atoms with Crippen LogP contribution in [-0.2, 0) is 20.0 Å². The number of nitrogens with one attached hydrogen (secondary N) is 2. The summed E-state index contributed by atoms with van der Waals surface area (Å²) in [6, 6.07) is 0. The molecule has 6 nitrogen and oxygen atoms in total. The molecule has 0 saturated heterocycles. The number of hydrogen-bond acceptors (Lipinski definition) is 4. The van der Waals surface area contributed by atoms with Gasteiger partial charge in [-0.15, -0.1) is 0 Å². The first-order valence-corrected chi connectivity index (χ1v) is 5.30. The normalized spacial score (nSPS) is 10.9. The summed E-state index contributed by atoms with van der Waals surface area (Å²) >= 11 is 0. The first kappa shape index (κ1) is 10.8. The quantitative estimate of drug-likeness (QED) is 0.705. The third kappa shape index (κ3) is 2.66. The second kappa shape index (κ2) is 4.89. The van der Waals surface area contributed by atoms with Crippen LogP contribution < -0.4 is 5.32 Å². The Hall–Kier alpha value is -1.69. The predicted molar refractivity (Wildman–Crippen MR) is 59.7 cm³/mol. The van der Waals surface area contributed by atoms with E-state index in [4.69, 9.17) is 0 Å². The van der Waals surface area contributed by atoms with Crippen molar-refractivity contribution >= 4 is 0 Å². The fourth-order valence-corrected chi connectivity index (χ4v) is 1.48. The number of aromatic nitrogens is 5. The minimum atomic E-state index is 0.829. The molecule has 2 heterocycles. The van der Waals surface area contributed by atoms with Crippen LogP contribution in [0.15, 0.2) is 12.5 Å². The maximum atomic E-state index is 4.21. The lowest BCUT2D eigenvalue weighted by Crippen LogP contribution is -2.17. The highest BCUT2D eigenvalue weighted by Gasteiger charge is 2.01. The molecule has 2 aromatic heterocycles. The van der Waals surface area contributed by atoms with Crippen LogP contribution in [0, 0.1) is 6.92 Å². The molecule has 2 rings (SSSR count). The second-order valence-corrected chi connectivity index (χ2v) is 3.78. The Morgan fingerprint density at radius 2 is 2.38 bits per heavy atom. The van der Waals surface area contributed by atoms with Crippen LogP contribution in [-0.4, -0.2) is 31.5 Å². The molecule has 0 aromatic carbocycles. The monoisotopic (exact) mass is 220 g/mol. The molecule has 0 fully saturated rings. The zero-order chi connectivity index (χ0) is 11.4. The van der Waals surface area contributed by atoms with Crippen molar-refractivity contribution < 1.29 is 0 Å². The highest BCUT2D eigenvalue weighted by atomic mass is 15.3. The number of hydrogen-bond donors (Lipinski definition) is 2. The van der Waals surface area contributed by atoms with Crippen molar-refractivity contribution in [1.82, 2.24) is 30.3 Å². The number of nitrogens with zero attached hydrogens (tertiary/aromatic N) is 4. The molecule has 2 aromatic rings. The Bertz CT molecular complexity index is 444. The molecule has 2 N–H and O–H groups in total. The van der Waals surface area contributed by atoms with Crippen LogP contribution in [0.3, 0.4) is 0 Å². The summed E-state index contributed by atoms with van der Waals surface area (Å²) in [5.41, 5.74) is 2.32. The highest BCUT2D eigenvalue weighted by molar-refractivity contribution is 5.13. The Labute approximate surface area is 94.1 Å². The maximum absolute atomic E-state index is 4.21. The lowest BCUT2D eigenvalue weighted by Gasteiger charge is -2.01. The van der Waals surface area contributed by atoms with Gasteiger partial charge in [0.15, 0.2) is 5.82 Å². The standard InChI is InChI=1S/C10H16N6/c1-8-9(6-13-14-8)5-11-4-3-10-12-7-16(2)15-10/h6-7,11H,3-5H2,1-2H3,(H,13,14). The third-order valence-corrected chi connectivity index (χ3v) is 2.42. The van der Waals surface area contributed by atoms with Gasteiger partial charge < -0.3 is 5.32 Å². The number of rotatable bonds is 5. The van der Waals surface area contributed by atoms with Crippen LogP contribution >= 0.6 is 0 Å². The van der Waals surface area contributed by atoms with Crippen LogP contribution in [0.2, 0.25) is 0 Å². The number of aryl methyl sites for hydroxylation is 2. The first-order chi connectivity index (χ1) is 7.75. The summed E-state index contributed by atoms with van der Waals surface area (Å²) in [4.78, 5) is 4.16. The Balaban J connectivity index is 1.71. The van der Waals surface area contributed by atoms with Gasteiger partial charge in [0.25, 0.3) is 0 Å². The molecular weight excluding hydrogens is 204 g/mol. The Morgan fingerprint density at radius 1 is 1.50 bits per heavy atom. The molecule has 0 atom stereocenters. The van der Waals surface area contributed by atoms with Crippen molar-refractivity contribution in [3.8, 4) is 0 Å². The SMILES string of the molecule is Cc1[nH]ncc1CNCCc1ncn(C)n1. The summed E-state index contributed by atoms with van der Waals surface area (Å²) in [6.07, 6.45) is 4.41. The van der Waals surface area contributed by atoms with Crippen molar-refractivity contribution in [1.29, 1.82) is 0 Å². The van der Waals surface area contributed by atoms with Crippen LogP contribution in [0.4, 0.5) is 0 Å². The molecule has 0 aliphatic carbocycles. The van der Waals surface area contributed by atoms with Crippen LogP contribution in [0.5, 0.6) is 0 Å². The number of H-pyrrole nitrogens is 1. The second-order valence-electron chi connectivity index (χ2n) is 3.78. The molecule has 0 saturated carbocycles. The average molecular weight is 220 g/mol. The minimum Gasteiger partial charge on any atom is -0.312 e. The van der Waals surface area contributed by atoms with Gasteiger partial charge in [0.05, 0.1) is 6.20 Å². The van der Waals surface area contributed by atoms with E-state index in [1.807, 2.05) is 20.2 Å². The van der Waals surface area contributed by atoms with E-state index in [2.05, 4.69) is 25.6 Å². The molecule has 0 amide bonds. The summed E-state index contributed by atoms with van der Waals surface area (Å²) < 4.78 is 1.72. The molecule has 0 aliphatic rings. The highest BCUT2D eigenvalue weighted by Crippen LogP contribution is 2.01. The minimum absolute atomic E-state index is 0.829. The van der Waals surface area contributed by atoms with E-state index < -0.39 is 0 Å². The summed E-state index contributed by atoms with van der Waals surface area (Å²) in [6.45, 7) is 3.72. The van der Waals surface area contributed by atoms with Gasteiger partial charge in [-0.3, -0.25) is 9.78 Å². The maximum Gasteiger partial charge on any atom is 0.151 e. The molecule has 6 heteroatoms. The van der Waals surface area contributed by atoms with Gasteiger partial charge in [-0.1, -0.05) is 0 Å². The van der Waals surface area contributed by atoms with E-state index in [0.29, 0.717) is 0 Å². The van der Waals surface area contributed by atoms with Crippen LogP contribution in [0.1, 0.15) is 17.1 Å². The van der Waals surface area contributed by atoms with Gasteiger partial charge in [0, 0.05) is 37.8 Å². The smallest absolute Gasteiger partial charge is 0.151 e. The average Bonchev–Trinajstić information content (AvgIpc) is 2.83. The topological polar surface area (TPSA) is 71.4 Å². The zero-order valence-corrected chi connectivity index (χ0v) is 9.56. The number of aromatic amines is 1. The van der Waals surface area contributed by atoms with Crippen molar-refractivity contribution in [2.75, 3.05) is 6.54 Å². The summed E-state index contributed by atoms with van der Waals surface area (Å²) in [5, 5.41) is 14.4. The molecule has 16 heavy (non-hydrogen) atoms. The summed E-state index contributed by atoms with van der Waals surface area (Å²) in [7, 11) is 1.87. The Morgan fingerprint density at radius 3 is 3.00 bits per heavy atom. The molecule has 0 unspecified atom stereocenters. The molecule has 0 aliphatic heterocycles. The fraction of sp³-hybridized carbons (Fsp3) is 0.500. The summed E-state index contributed by atoms with van der Waals surface area (Å²) in [5.74, 6) is 0.874. The van der Waals surface area contributed by atoms with Gasteiger partial charge in [0.1, 0.15) is 6.33 Å². The van der Waals surface area contributed by atoms with Gasteiger partial charge >= 0.3 is 0 Å². The molecule has 0 bridgehead atoms. The van der Waals surface area contributed by atoms with Crippen molar-refractivity contribution in [2.45, 2.75) is 19.9 Å². The third-order valence-electron chi connectivity index (χ3n) is 2.42. The molecule has 86 valence electrons. The largest absolute Gasteiger partial charge is 0.312 e. The van der Waals surface area contributed by atoms with Gasteiger partial charge in [0.2, 0.25) is 0 Å². The van der Waals surface area contributed by atoms with Gasteiger partial charge in [-0.25, -0.2) is 4.98 Å².